The summed E-state index contributed by atoms with van der Waals surface area (Å²) in [4.78, 5) is 15.8. The van der Waals surface area contributed by atoms with Crippen LogP contribution in [0.25, 0.3) is 56.6 Å². The first kappa shape index (κ1) is 37.9. The van der Waals surface area contributed by atoms with Gasteiger partial charge in [-0.1, -0.05) is 24.4 Å². The molecule has 6 N–H and O–H groups in total. The van der Waals surface area contributed by atoms with Gasteiger partial charge in [0, 0.05) is 71.8 Å². The average molecular weight is 661 g/mol. The molecule has 0 aliphatic rings. The molecule has 0 saturated heterocycles. The first-order valence-corrected chi connectivity index (χ1v) is 11.8. The Morgan fingerprint density at radius 1 is 0.442 bits per heavy atom. The predicted molar refractivity (Wildman–Crippen MR) is 163 cm³/mol. The van der Waals surface area contributed by atoms with Crippen LogP contribution in [-0.2, 0) is 27.4 Å². The Morgan fingerprint density at radius 2 is 0.605 bits per heavy atom. The number of nitrogens with zero attached hydrogens (tertiary/aromatic N) is 10. The van der Waals surface area contributed by atoms with Crippen molar-refractivity contribution in [1.29, 1.82) is 0 Å². The number of pyridine rings is 4. The molecule has 0 spiro atoms. The number of rotatable bonds is 4. The number of hydrogen-bond acceptors (Lipinski definition) is 12. The molecule has 14 nitrogen and oxygen atoms in total. The van der Waals surface area contributed by atoms with Crippen molar-refractivity contribution in [2.24, 2.45) is 0 Å². The molecular weight excluding hydrogens is 639 g/mol. The Hall–Kier alpha value is -5.11. The van der Waals surface area contributed by atoms with E-state index < -0.39 is 0 Å². The molecule has 0 aromatic carbocycles. The quantitative estimate of drug-likeness (QED) is 0.113. The van der Waals surface area contributed by atoms with Crippen molar-refractivity contribution in [2.45, 2.75) is 0 Å². The smallest absolute Gasteiger partial charge is 0.753 e. The molecular formula is C26H22N10NiO4S2+2. The molecule has 220 valence electrons. The minimum atomic E-state index is 0. The van der Waals surface area contributed by atoms with Gasteiger partial charge in [0.15, 0.2) is 0 Å². The third-order valence-electron chi connectivity index (χ3n) is 4.56. The van der Waals surface area contributed by atoms with Crippen molar-refractivity contribution in [3.8, 4) is 45.8 Å². The molecule has 0 fully saturated rings. The van der Waals surface area contributed by atoms with Crippen LogP contribution in [0.5, 0.6) is 0 Å². The molecule has 0 aliphatic carbocycles. The van der Waals surface area contributed by atoms with Gasteiger partial charge in [0.05, 0.1) is 0 Å². The zero-order valence-corrected chi connectivity index (χ0v) is 24.4. The van der Waals surface area contributed by atoms with E-state index >= 15 is 0 Å². The van der Waals surface area contributed by atoms with Crippen LogP contribution in [0.4, 0.5) is 0 Å². The van der Waals surface area contributed by atoms with E-state index in [1.807, 2.05) is 48.5 Å². The summed E-state index contributed by atoms with van der Waals surface area (Å²) in [5, 5.41) is 32.9. The molecule has 6 rings (SSSR count). The third kappa shape index (κ3) is 12.1. The predicted octanol–water partition coefficient (Wildman–Crippen LogP) is 3.86. The summed E-state index contributed by atoms with van der Waals surface area (Å²) in [6, 6.07) is 14.6. The summed E-state index contributed by atoms with van der Waals surface area (Å²) < 4.78 is 11.2. The molecule has 0 aliphatic heterocycles. The fourth-order valence-electron chi connectivity index (χ4n) is 2.89. The van der Waals surface area contributed by atoms with Crippen LogP contribution in [0.1, 0.15) is 0 Å². The van der Waals surface area contributed by atoms with Crippen molar-refractivity contribution in [2.75, 3.05) is 0 Å². The second-order valence-corrected chi connectivity index (χ2v) is 7.32. The van der Waals surface area contributed by atoms with Gasteiger partial charge in [-0.25, -0.2) is 0 Å². The van der Waals surface area contributed by atoms with Gasteiger partial charge in [-0.2, -0.15) is 10.3 Å². The maximum Gasteiger partial charge on any atom is 2.00 e. The summed E-state index contributed by atoms with van der Waals surface area (Å²) >= 11 is 7.40. The topological polar surface area (TPSA) is 240 Å². The van der Waals surface area contributed by atoms with E-state index in [2.05, 4.69) is 64.8 Å². The van der Waals surface area contributed by atoms with E-state index in [1.54, 1.807) is 49.6 Å². The van der Waals surface area contributed by atoms with Crippen molar-refractivity contribution < 1.29 is 36.3 Å². The van der Waals surface area contributed by atoms with E-state index in [4.69, 9.17) is 19.7 Å². The van der Waals surface area contributed by atoms with Gasteiger partial charge in [-0.15, -0.1) is 20.4 Å². The van der Waals surface area contributed by atoms with Gasteiger partial charge in [0.2, 0.25) is 23.6 Å². The van der Waals surface area contributed by atoms with Crippen LogP contribution in [-0.4, -0.2) is 50.7 Å². The van der Waals surface area contributed by atoms with Gasteiger partial charge in [-0.05, 0) is 48.5 Å². The first-order chi connectivity index (χ1) is 19.7. The normalized spacial score (nSPS) is 8.56. The van der Waals surface area contributed by atoms with Crippen LogP contribution in [0.2, 0.25) is 0 Å². The van der Waals surface area contributed by atoms with Gasteiger partial charge in [-0.3, -0.25) is 19.9 Å². The van der Waals surface area contributed by atoms with Crippen LogP contribution < -0.4 is 0 Å². The third-order valence-corrected chi connectivity index (χ3v) is 4.56. The van der Waals surface area contributed by atoms with Gasteiger partial charge < -0.3 is 30.6 Å². The van der Waals surface area contributed by atoms with E-state index in [9.17, 15) is 0 Å². The zero-order chi connectivity index (χ0) is 28.4. The molecule has 0 amide bonds. The molecule has 6 aromatic heterocycles. The summed E-state index contributed by atoms with van der Waals surface area (Å²) in [6.07, 6.45) is 13.5. The summed E-state index contributed by atoms with van der Waals surface area (Å²) in [7, 11) is 0. The van der Waals surface area contributed by atoms with E-state index in [-0.39, 0.29) is 27.4 Å². The molecule has 6 heterocycles. The maximum absolute atomic E-state index is 7.13. The minimum absolute atomic E-state index is 0. The SMILES string of the molecule is [N-]=C=S.[N-]=C=S.[Ni+2].[OH3+].[OH3+].c1cc(-c2nnc(-c3ccncc3)o2)ccn1.c1cc(-c2nnc(-c3ccncc3)o2)ccn1. The van der Waals surface area contributed by atoms with Crippen LogP contribution >= 0.6 is 24.4 Å². The molecule has 43 heavy (non-hydrogen) atoms. The molecule has 0 unspecified atom stereocenters. The maximum atomic E-state index is 7.13. The van der Waals surface area contributed by atoms with Crippen molar-refractivity contribution >= 4 is 34.8 Å². The number of aromatic nitrogens is 8. The Morgan fingerprint density at radius 3 is 0.767 bits per heavy atom. The summed E-state index contributed by atoms with van der Waals surface area (Å²) in [5.41, 5.74) is 3.42. The summed E-state index contributed by atoms with van der Waals surface area (Å²) in [5.74, 6) is 1.94. The fraction of sp³-hybridized carbons (Fsp3) is 0. The van der Waals surface area contributed by atoms with E-state index in [0.29, 0.717) is 23.6 Å². The number of thiocarbonyl (C=S) groups is 2. The van der Waals surface area contributed by atoms with Gasteiger partial charge in [0.1, 0.15) is 0 Å². The molecule has 0 atom stereocenters. The second kappa shape index (κ2) is 21.6. The number of isothiocyanates is 2. The van der Waals surface area contributed by atoms with Gasteiger partial charge >= 0.3 is 16.5 Å². The molecule has 0 radical (unpaired) electrons. The van der Waals surface area contributed by atoms with Crippen molar-refractivity contribution in [3.63, 3.8) is 0 Å². The van der Waals surface area contributed by atoms with E-state index in [1.165, 1.54) is 10.3 Å². The summed E-state index contributed by atoms with van der Waals surface area (Å²) in [6.45, 7) is 0. The fourth-order valence-corrected chi connectivity index (χ4v) is 2.89. The van der Waals surface area contributed by atoms with Crippen LogP contribution in [0.15, 0.2) is 107 Å². The Kier molecular flexibility index (Phi) is 19.0. The second-order valence-electron chi connectivity index (χ2n) is 6.95. The van der Waals surface area contributed by atoms with Crippen molar-refractivity contribution in [3.05, 3.63) is 109 Å². The largest absolute Gasteiger partial charge is 2.00 e. The molecule has 17 heteroatoms. The van der Waals surface area contributed by atoms with Gasteiger partial charge in [0.25, 0.3) is 0 Å². The van der Waals surface area contributed by atoms with Crippen LogP contribution in [0.3, 0.4) is 0 Å². The Labute approximate surface area is 265 Å². The van der Waals surface area contributed by atoms with E-state index in [0.717, 1.165) is 22.3 Å². The first-order valence-electron chi connectivity index (χ1n) is 11.0. The minimum Gasteiger partial charge on any atom is -0.753 e. The standard InChI is InChI=1S/2C12H8N4O.2CNS.Ni.2H2O/c2*1-5-13-6-2-9(1)11-15-16-12(17-11)10-3-7-14-8-4-10;2*2-1-3;;;/h2*1-8H;;;;2*1H2/q;;2*-1;+2;;/p+2. The van der Waals surface area contributed by atoms with Crippen LogP contribution in [0, 0.1) is 0 Å². The molecule has 0 bridgehead atoms. The van der Waals surface area contributed by atoms with Crippen molar-refractivity contribution in [1.82, 2.24) is 40.3 Å². The molecule has 6 aromatic rings. The Bertz CT molecular complexity index is 1420. The number of hydrogen-bond donors (Lipinski definition) is 0. The molecule has 0 saturated carbocycles. The monoisotopic (exact) mass is 660 g/mol. The average Bonchev–Trinajstić information content (AvgIpc) is 3.72. The zero-order valence-electron chi connectivity index (χ0n) is 21.8. The Balaban J connectivity index is 0.000000656.